The van der Waals surface area contributed by atoms with Gasteiger partial charge in [0, 0.05) is 19.1 Å². The van der Waals surface area contributed by atoms with Crippen LogP contribution in [0.4, 0.5) is 0 Å². The van der Waals surface area contributed by atoms with E-state index in [1.165, 1.54) is 6.42 Å². The summed E-state index contributed by atoms with van der Waals surface area (Å²) in [6.07, 6.45) is 3.36. The topological polar surface area (TPSA) is 65.7 Å². The monoisotopic (exact) mass is 243 g/mol. The lowest BCUT2D eigenvalue weighted by molar-refractivity contribution is 0.272. The molecule has 5 heteroatoms. The molecule has 0 aliphatic rings. The molecule has 0 aromatic carbocycles. The number of guanidine groups is 1. The molecule has 0 aromatic rings. The first kappa shape index (κ1) is 16.2. The third-order valence-corrected chi connectivity index (χ3v) is 2.78. The van der Waals surface area contributed by atoms with Gasteiger partial charge in [-0.25, -0.2) is 5.84 Å². The van der Waals surface area contributed by atoms with Gasteiger partial charge in [-0.15, -0.1) is 0 Å². The summed E-state index contributed by atoms with van der Waals surface area (Å²) in [4.78, 5) is 6.70. The zero-order valence-electron chi connectivity index (χ0n) is 11.8. The smallest absolute Gasteiger partial charge is 0.205 e. The number of hydrazine groups is 1. The van der Waals surface area contributed by atoms with Crippen LogP contribution in [0.2, 0.25) is 0 Å². The van der Waals surface area contributed by atoms with Crippen LogP contribution in [0.3, 0.4) is 0 Å². The van der Waals surface area contributed by atoms with Crippen molar-refractivity contribution in [3.63, 3.8) is 0 Å². The second-order valence-electron chi connectivity index (χ2n) is 4.58. The molecule has 0 radical (unpaired) electrons. The first-order chi connectivity index (χ1) is 8.11. The summed E-state index contributed by atoms with van der Waals surface area (Å²) < 4.78 is 0. The molecule has 4 N–H and O–H groups in total. The van der Waals surface area contributed by atoms with E-state index in [1.54, 1.807) is 0 Å². The highest BCUT2D eigenvalue weighted by Crippen LogP contribution is 1.95. The normalized spacial score (nSPS) is 12.3. The van der Waals surface area contributed by atoms with Gasteiger partial charge in [-0.3, -0.25) is 10.4 Å². The van der Waals surface area contributed by atoms with Crippen LogP contribution in [0.1, 0.15) is 40.0 Å². The quantitative estimate of drug-likeness (QED) is 0.195. The van der Waals surface area contributed by atoms with Gasteiger partial charge in [-0.05, 0) is 40.3 Å². The highest BCUT2D eigenvalue weighted by molar-refractivity contribution is 5.79. The van der Waals surface area contributed by atoms with Crippen LogP contribution in [0, 0.1) is 0 Å². The standard InChI is InChI=1S/C12H29N5/c1-5-6-8-14-12(16-13)15-9-7-10-17(4)11(2)3/h11H,5-10,13H2,1-4H3,(H2,14,15,16). The molecule has 5 nitrogen and oxygen atoms in total. The van der Waals surface area contributed by atoms with Crippen molar-refractivity contribution in [2.45, 2.75) is 46.1 Å². The van der Waals surface area contributed by atoms with Gasteiger partial charge in [-0.2, -0.15) is 0 Å². The molecule has 0 aliphatic heterocycles. The van der Waals surface area contributed by atoms with Crippen molar-refractivity contribution in [3.8, 4) is 0 Å². The maximum Gasteiger partial charge on any atom is 0.205 e. The number of unbranched alkanes of at least 4 members (excludes halogenated alkanes) is 1. The van der Waals surface area contributed by atoms with E-state index in [4.69, 9.17) is 5.84 Å². The number of nitrogens with zero attached hydrogens (tertiary/aromatic N) is 2. The van der Waals surface area contributed by atoms with Gasteiger partial charge in [0.05, 0.1) is 0 Å². The molecule has 17 heavy (non-hydrogen) atoms. The van der Waals surface area contributed by atoms with Gasteiger partial charge >= 0.3 is 0 Å². The summed E-state index contributed by atoms with van der Waals surface area (Å²) in [7, 11) is 2.13. The summed E-state index contributed by atoms with van der Waals surface area (Å²) in [5.74, 6) is 6.09. The second kappa shape index (κ2) is 10.4. The van der Waals surface area contributed by atoms with Gasteiger partial charge in [-0.1, -0.05) is 13.3 Å². The zero-order valence-corrected chi connectivity index (χ0v) is 11.8. The third kappa shape index (κ3) is 8.94. The summed E-state index contributed by atoms with van der Waals surface area (Å²) >= 11 is 0. The number of hydrogen-bond donors (Lipinski definition) is 3. The minimum absolute atomic E-state index is 0.591. The molecule has 0 atom stereocenters. The van der Waals surface area contributed by atoms with Crippen molar-refractivity contribution in [1.82, 2.24) is 15.6 Å². The molecule has 0 aliphatic carbocycles. The van der Waals surface area contributed by atoms with E-state index in [0.29, 0.717) is 12.0 Å². The summed E-state index contributed by atoms with van der Waals surface area (Å²) in [6, 6.07) is 0.591. The minimum atomic E-state index is 0.591. The van der Waals surface area contributed by atoms with E-state index in [9.17, 15) is 0 Å². The van der Waals surface area contributed by atoms with E-state index < -0.39 is 0 Å². The number of hydrogen-bond acceptors (Lipinski definition) is 3. The Morgan fingerprint density at radius 1 is 1.35 bits per heavy atom. The van der Waals surface area contributed by atoms with Crippen LogP contribution in [-0.2, 0) is 0 Å². The molecule has 0 spiro atoms. The predicted molar refractivity (Wildman–Crippen MR) is 74.9 cm³/mol. The van der Waals surface area contributed by atoms with Crippen molar-refractivity contribution >= 4 is 5.96 Å². The van der Waals surface area contributed by atoms with Crippen LogP contribution in [0.5, 0.6) is 0 Å². The van der Waals surface area contributed by atoms with Gasteiger partial charge in [0.15, 0.2) is 0 Å². The molecule has 0 unspecified atom stereocenters. The molecular formula is C12H29N5. The van der Waals surface area contributed by atoms with Gasteiger partial charge < -0.3 is 10.2 Å². The SMILES string of the molecule is CCCCNC(=NCCCN(C)C(C)C)NN. The Balaban J connectivity index is 3.71. The molecule has 0 saturated carbocycles. The van der Waals surface area contributed by atoms with Crippen molar-refractivity contribution in [2.75, 3.05) is 26.7 Å². The molecule has 0 saturated heterocycles. The Hall–Kier alpha value is -0.810. The Bertz CT molecular complexity index is 203. The zero-order chi connectivity index (χ0) is 13.1. The molecular weight excluding hydrogens is 214 g/mol. The van der Waals surface area contributed by atoms with Crippen molar-refractivity contribution < 1.29 is 0 Å². The number of nitrogens with two attached hydrogens (primary N) is 1. The average Bonchev–Trinajstić information content (AvgIpc) is 2.31. The lowest BCUT2D eigenvalue weighted by Crippen LogP contribution is -2.42. The lowest BCUT2D eigenvalue weighted by Gasteiger charge is -2.20. The van der Waals surface area contributed by atoms with Crippen LogP contribution >= 0.6 is 0 Å². The van der Waals surface area contributed by atoms with Crippen molar-refractivity contribution in [2.24, 2.45) is 10.8 Å². The van der Waals surface area contributed by atoms with E-state index in [0.717, 1.165) is 32.5 Å². The van der Waals surface area contributed by atoms with Gasteiger partial charge in [0.1, 0.15) is 0 Å². The molecule has 0 fully saturated rings. The predicted octanol–water partition coefficient (Wildman–Crippen LogP) is 0.926. The molecule has 0 aromatic heterocycles. The number of aliphatic imine (C=N–C) groups is 1. The third-order valence-electron chi connectivity index (χ3n) is 2.78. The number of rotatable bonds is 8. The summed E-state index contributed by atoms with van der Waals surface area (Å²) in [5, 5.41) is 3.18. The maximum absolute atomic E-state index is 5.39. The van der Waals surface area contributed by atoms with Crippen molar-refractivity contribution in [1.29, 1.82) is 0 Å². The van der Waals surface area contributed by atoms with E-state index in [2.05, 4.69) is 48.5 Å². The van der Waals surface area contributed by atoms with Crippen LogP contribution < -0.4 is 16.6 Å². The Morgan fingerprint density at radius 2 is 2.06 bits per heavy atom. The minimum Gasteiger partial charge on any atom is -0.355 e. The molecule has 0 heterocycles. The Kier molecular flexibility index (Phi) is 9.86. The lowest BCUT2D eigenvalue weighted by atomic mass is 10.3. The fraction of sp³-hybridized carbons (Fsp3) is 0.917. The van der Waals surface area contributed by atoms with Crippen LogP contribution in [0.15, 0.2) is 4.99 Å². The molecule has 0 rings (SSSR count). The highest BCUT2D eigenvalue weighted by atomic mass is 15.3. The van der Waals surface area contributed by atoms with Gasteiger partial charge in [0.25, 0.3) is 0 Å². The largest absolute Gasteiger partial charge is 0.355 e. The molecule has 102 valence electrons. The maximum atomic E-state index is 5.39. The average molecular weight is 243 g/mol. The van der Waals surface area contributed by atoms with Crippen molar-refractivity contribution in [3.05, 3.63) is 0 Å². The highest BCUT2D eigenvalue weighted by Gasteiger charge is 2.01. The van der Waals surface area contributed by atoms with Crippen LogP contribution in [0.25, 0.3) is 0 Å². The Morgan fingerprint density at radius 3 is 2.59 bits per heavy atom. The molecule has 0 amide bonds. The summed E-state index contributed by atoms with van der Waals surface area (Å²) in [5.41, 5.74) is 2.60. The second-order valence-corrected chi connectivity index (χ2v) is 4.58. The number of nitrogens with one attached hydrogen (secondary N) is 2. The summed E-state index contributed by atoms with van der Waals surface area (Å²) in [6.45, 7) is 9.34. The first-order valence-electron chi connectivity index (χ1n) is 6.57. The van der Waals surface area contributed by atoms with E-state index in [1.807, 2.05) is 0 Å². The fourth-order valence-electron chi connectivity index (χ4n) is 1.31. The van der Waals surface area contributed by atoms with Gasteiger partial charge in [0.2, 0.25) is 5.96 Å². The Labute approximate surface area is 106 Å². The first-order valence-corrected chi connectivity index (χ1v) is 6.57. The van der Waals surface area contributed by atoms with Crippen LogP contribution in [-0.4, -0.2) is 43.6 Å². The fourth-order valence-corrected chi connectivity index (χ4v) is 1.31. The van der Waals surface area contributed by atoms with E-state index in [-0.39, 0.29) is 0 Å². The van der Waals surface area contributed by atoms with E-state index >= 15 is 0 Å². The molecule has 0 bridgehead atoms.